The second kappa shape index (κ2) is 4.35. The van der Waals surface area contributed by atoms with Gasteiger partial charge in [-0.25, -0.2) is 0 Å². The molecule has 0 aromatic heterocycles. The molecule has 3 saturated carbocycles. The van der Waals surface area contributed by atoms with Crippen LogP contribution in [-0.4, -0.2) is 0 Å². The van der Waals surface area contributed by atoms with Crippen molar-refractivity contribution in [2.45, 2.75) is 89.9 Å². The lowest BCUT2D eigenvalue weighted by Crippen LogP contribution is -2.39. The highest BCUT2D eigenvalue weighted by atomic mass is 14.5. The predicted octanol–water partition coefficient (Wildman–Crippen LogP) is 5.46. The van der Waals surface area contributed by atoms with Crippen LogP contribution in [0.25, 0.3) is 0 Å². The van der Waals surface area contributed by atoms with Crippen LogP contribution in [0.4, 0.5) is 0 Å². The third-order valence-corrected chi connectivity index (χ3v) is 5.99. The predicted molar refractivity (Wildman–Crippen MR) is 69.5 cm³/mol. The Labute approximate surface area is 101 Å². The van der Waals surface area contributed by atoms with E-state index in [9.17, 15) is 0 Å². The highest BCUT2D eigenvalue weighted by Crippen LogP contribution is 2.58. The largest absolute Gasteiger partial charge is 0.0533 e. The van der Waals surface area contributed by atoms with E-state index in [2.05, 4.69) is 0 Å². The van der Waals surface area contributed by atoms with Gasteiger partial charge in [0.2, 0.25) is 0 Å². The van der Waals surface area contributed by atoms with Crippen molar-refractivity contribution in [3.63, 3.8) is 0 Å². The van der Waals surface area contributed by atoms with Gasteiger partial charge >= 0.3 is 0 Å². The third kappa shape index (κ3) is 2.05. The maximum atomic E-state index is 1.62. The van der Waals surface area contributed by atoms with Gasteiger partial charge in [0, 0.05) is 0 Å². The van der Waals surface area contributed by atoms with Gasteiger partial charge in [-0.15, -0.1) is 0 Å². The van der Waals surface area contributed by atoms with Gasteiger partial charge in [-0.2, -0.15) is 0 Å². The molecule has 0 aromatic carbocycles. The van der Waals surface area contributed by atoms with Crippen LogP contribution in [0.1, 0.15) is 89.9 Å². The quantitative estimate of drug-likeness (QED) is 0.508. The molecule has 92 valence electrons. The van der Waals surface area contributed by atoms with Gasteiger partial charge in [0.15, 0.2) is 0 Å². The maximum Gasteiger partial charge on any atom is -0.0292 e. The van der Waals surface area contributed by atoms with Crippen molar-refractivity contribution in [2.75, 3.05) is 0 Å². The van der Waals surface area contributed by atoms with E-state index in [0.29, 0.717) is 0 Å². The smallest absolute Gasteiger partial charge is 0.0292 e. The SMILES string of the molecule is C1CCC2(CC1)CCCC1(CCCCC1)C2. The van der Waals surface area contributed by atoms with E-state index in [1.54, 1.807) is 51.4 Å². The van der Waals surface area contributed by atoms with Crippen molar-refractivity contribution in [3.8, 4) is 0 Å². The topological polar surface area (TPSA) is 0 Å². The fraction of sp³-hybridized carbons (Fsp3) is 1.00. The van der Waals surface area contributed by atoms with Gasteiger partial charge in [-0.3, -0.25) is 0 Å². The summed E-state index contributed by atoms with van der Waals surface area (Å²) in [6.07, 6.45) is 21.8. The Bertz CT molecular complexity index is 193. The lowest BCUT2D eigenvalue weighted by atomic mass is 9.54. The zero-order valence-electron chi connectivity index (χ0n) is 10.9. The first-order chi connectivity index (χ1) is 7.83. The van der Waals surface area contributed by atoms with Crippen molar-refractivity contribution in [2.24, 2.45) is 10.8 Å². The fourth-order valence-corrected chi connectivity index (χ4v) is 5.27. The molecule has 0 heteroatoms. The summed E-state index contributed by atoms with van der Waals surface area (Å²) in [5.74, 6) is 0. The first-order valence-corrected chi connectivity index (χ1v) is 7.83. The van der Waals surface area contributed by atoms with Gasteiger partial charge in [-0.05, 0) is 55.8 Å². The van der Waals surface area contributed by atoms with E-state index in [1.165, 1.54) is 38.5 Å². The van der Waals surface area contributed by atoms with Crippen LogP contribution in [0, 0.1) is 10.8 Å². The molecule has 0 saturated heterocycles. The van der Waals surface area contributed by atoms with Gasteiger partial charge in [0.05, 0.1) is 0 Å². The summed E-state index contributed by atoms with van der Waals surface area (Å²) in [5, 5.41) is 0. The van der Waals surface area contributed by atoms with E-state index < -0.39 is 0 Å². The summed E-state index contributed by atoms with van der Waals surface area (Å²) in [6.45, 7) is 0. The van der Waals surface area contributed by atoms with E-state index in [1.807, 2.05) is 0 Å². The summed E-state index contributed by atoms with van der Waals surface area (Å²) < 4.78 is 0. The Morgan fingerprint density at radius 3 is 1.19 bits per heavy atom. The molecular weight excluding hydrogens is 192 g/mol. The molecule has 0 radical (unpaired) electrons. The van der Waals surface area contributed by atoms with E-state index in [-0.39, 0.29) is 0 Å². The number of hydrogen-bond acceptors (Lipinski definition) is 0. The average Bonchev–Trinajstić information content (AvgIpc) is 2.31. The number of hydrogen-bond donors (Lipinski definition) is 0. The second-order valence-electron chi connectivity index (χ2n) is 7.15. The van der Waals surface area contributed by atoms with Crippen molar-refractivity contribution >= 4 is 0 Å². The molecule has 3 aliphatic rings. The molecule has 0 bridgehead atoms. The van der Waals surface area contributed by atoms with Gasteiger partial charge in [0.25, 0.3) is 0 Å². The summed E-state index contributed by atoms with van der Waals surface area (Å²) in [4.78, 5) is 0. The van der Waals surface area contributed by atoms with Crippen molar-refractivity contribution in [3.05, 3.63) is 0 Å². The molecule has 3 rings (SSSR count). The second-order valence-corrected chi connectivity index (χ2v) is 7.15. The molecular formula is C16H28. The van der Waals surface area contributed by atoms with Gasteiger partial charge < -0.3 is 0 Å². The molecule has 3 aliphatic carbocycles. The molecule has 0 atom stereocenters. The minimum Gasteiger partial charge on any atom is -0.0533 e. The molecule has 0 N–H and O–H groups in total. The summed E-state index contributed by atoms with van der Waals surface area (Å²) >= 11 is 0. The van der Waals surface area contributed by atoms with Crippen LogP contribution in [0.5, 0.6) is 0 Å². The molecule has 0 aliphatic heterocycles. The van der Waals surface area contributed by atoms with E-state index in [0.717, 1.165) is 10.8 Å². The molecule has 0 unspecified atom stereocenters. The Hall–Kier alpha value is 0. The average molecular weight is 220 g/mol. The highest BCUT2D eigenvalue weighted by Gasteiger charge is 2.44. The molecule has 3 fully saturated rings. The lowest BCUT2D eigenvalue weighted by molar-refractivity contribution is 0.00291. The van der Waals surface area contributed by atoms with Crippen LogP contribution in [0.15, 0.2) is 0 Å². The molecule has 0 amide bonds. The molecule has 0 nitrogen and oxygen atoms in total. The monoisotopic (exact) mass is 220 g/mol. The van der Waals surface area contributed by atoms with Gasteiger partial charge in [0.1, 0.15) is 0 Å². The van der Waals surface area contributed by atoms with Crippen LogP contribution in [0.2, 0.25) is 0 Å². The van der Waals surface area contributed by atoms with E-state index >= 15 is 0 Å². The Morgan fingerprint density at radius 1 is 0.375 bits per heavy atom. The van der Waals surface area contributed by atoms with Crippen LogP contribution >= 0.6 is 0 Å². The third-order valence-electron chi connectivity index (χ3n) is 5.99. The normalized spacial score (nSPS) is 33.0. The van der Waals surface area contributed by atoms with Crippen LogP contribution < -0.4 is 0 Å². The first-order valence-electron chi connectivity index (χ1n) is 7.83. The molecule has 0 aromatic rings. The highest BCUT2D eigenvalue weighted by molar-refractivity contribution is 4.96. The van der Waals surface area contributed by atoms with Crippen LogP contribution in [-0.2, 0) is 0 Å². The Morgan fingerprint density at radius 2 is 0.750 bits per heavy atom. The minimum absolute atomic E-state index is 0.827. The fourth-order valence-electron chi connectivity index (χ4n) is 5.27. The van der Waals surface area contributed by atoms with Gasteiger partial charge in [-0.1, -0.05) is 44.9 Å². The summed E-state index contributed by atoms with van der Waals surface area (Å²) in [7, 11) is 0. The van der Waals surface area contributed by atoms with Crippen molar-refractivity contribution < 1.29 is 0 Å². The summed E-state index contributed by atoms with van der Waals surface area (Å²) in [5.41, 5.74) is 1.65. The number of rotatable bonds is 0. The lowest BCUT2D eigenvalue weighted by Gasteiger charge is -2.51. The summed E-state index contributed by atoms with van der Waals surface area (Å²) in [6, 6.07) is 0. The zero-order chi connectivity index (χ0) is 10.9. The minimum atomic E-state index is 0.827. The first kappa shape index (κ1) is 11.1. The molecule has 0 heterocycles. The Kier molecular flexibility index (Phi) is 3.02. The molecule has 16 heavy (non-hydrogen) atoms. The maximum absolute atomic E-state index is 1.62. The molecule has 2 spiro atoms. The standard InChI is InChI=1S/C16H28/c1-3-8-15(9-4-1)12-7-13-16(14-15)10-5-2-6-11-16/h1-14H2. The van der Waals surface area contributed by atoms with Crippen molar-refractivity contribution in [1.29, 1.82) is 0 Å². The Balaban J connectivity index is 1.72. The van der Waals surface area contributed by atoms with Crippen LogP contribution in [0.3, 0.4) is 0 Å². The van der Waals surface area contributed by atoms with Crippen molar-refractivity contribution in [1.82, 2.24) is 0 Å². The zero-order valence-corrected chi connectivity index (χ0v) is 10.9. The van der Waals surface area contributed by atoms with E-state index in [4.69, 9.17) is 0 Å².